The summed E-state index contributed by atoms with van der Waals surface area (Å²) in [6.07, 6.45) is 1.49. The molecule has 2 amide bonds. The van der Waals surface area contributed by atoms with E-state index >= 15 is 0 Å². The highest BCUT2D eigenvalue weighted by Crippen LogP contribution is 2.20. The predicted octanol–water partition coefficient (Wildman–Crippen LogP) is 4.36. The Morgan fingerprint density at radius 2 is 1.67 bits per heavy atom. The average molecular weight is 457 g/mol. The highest BCUT2D eigenvalue weighted by atomic mass is 19.1. The number of halogens is 3. The van der Waals surface area contributed by atoms with Crippen molar-refractivity contribution in [2.24, 2.45) is 5.92 Å². The molecule has 0 spiro atoms. The molecule has 2 N–H and O–H groups in total. The molecule has 1 atom stereocenters. The van der Waals surface area contributed by atoms with Crippen LogP contribution in [0.5, 0.6) is 11.6 Å². The fraction of sp³-hybridized carbons (Fsp3) is 0.208. The summed E-state index contributed by atoms with van der Waals surface area (Å²) < 4.78 is 46.4. The van der Waals surface area contributed by atoms with E-state index in [0.717, 1.165) is 18.2 Å². The maximum atomic E-state index is 13.9. The molecule has 0 fully saturated rings. The summed E-state index contributed by atoms with van der Waals surface area (Å²) in [5.41, 5.74) is -0.0860. The molecule has 0 saturated heterocycles. The Bertz CT molecular complexity index is 1120. The summed E-state index contributed by atoms with van der Waals surface area (Å²) >= 11 is 0. The number of ether oxygens (including phenoxy) is 1. The van der Waals surface area contributed by atoms with Crippen LogP contribution in [0.4, 0.5) is 13.2 Å². The molecule has 9 heteroatoms. The number of carbonyl (C=O) groups excluding carboxylic acids is 2. The van der Waals surface area contributed by atoms with Gasteiger partial charge >= 0.3 is 0 Å². The summed E-state index contributed by atoms with van der Waals surface area (Å²) in [6, 6.07) is 10.8. The van der Waals surface area contributed by atoms with E-state index in [-0.39, 0.29) is 18.3 Å². The minimum absolute atomic E-state index is 0.0915. The van der Waals surface area contributed by atoms with Crippen LogP contribution in [0.1, 0.15) is 29.8 Å². The zero-order chi connectivity index (χ0) is 24.0. The van der Waals surface area contributed by atoms with Gasteiger partial charge in [-0.05, 0) is 53.9 Å². The molecule has 3 rings (SSSR count). The van der Waals surface area contributed by atoms with Gasteiger partial charge in [0.05, 0.1) is 0 Å². The number of amides is 2. The van der Waals surface area contributed by atoms with Crippen LogP contribution in [-0.2, 0) is 11.3 Å². The Hall–Kier alpha value is -3.88. The van der Waals surface area contributed by atoms with Crippen molar-refractivity contribution in [3.8, 4) is 11.6 Å². The van der Waals surface area contributed by atoms with Crippen LogP contribution >= 0.6 is 0 Å². The predicted molar refractivity (Wildman–Crippen MR) is 115 cm³/mol. The van der Waals surface area contributed by atoms with Gasteiger partial charge in [-0.1, -0.05) is 19.9 Å². The van der Waals surface area contributed by atoms with Gasteiger partial charge in [-0.15, -0.1) is 0 Å². The van der Waals surface area contributed by atoms with Gasteiger partial charge in [0.15, 0.2) is 0 Å². The zero-order valence-electron chi connectivity index (χ0n) is 17.9. The van der Waals surface area contributed by atoms with Crippen LogP contribution < -0.4 is 15.4 Å². The lowest BCUT2D eigenvalue weighted by atomic mass is 10.0. The van der Waals surface area contributed by atoms with Gasteiger partial charge < -0.3 is 15.4 Å². The Balaban J connectivity index is 1.64. The van der Waals surface area contributed by atoms with Crippen molar-refractivity contribution in [2.45, 2.75) is 26.4 Å². The van der Waals surface area contributed by atoms with Crippen LogP contribution in [0.2, 0.25) is 0 Å². The first kappa shape index (κ1) is 23.8. The molecular formula is C24H22F3N3O3. The van der Waals surface area contributed by atoms with Crippen LogP contribution in [0.15, 0.2) is 60.8 Å². The molecule has 1 heterocycles. The summed E-state index contributed by atoms with van der Waals surface area (Å²) in [5, 5.41) is 5.09. The number of nitrogens with one attached hydrogen (secondary N) is 2. The largest absolute Gasteiger partial charge is 0.439 e. The molecule has 0 aliphatic heterocycles. The molecule has 0 saturated carbocycles. The number of hydrogen-bond donors (Lipinski definition) is 2. The van der Waals surface area contributed by atoms with Crippen LogP contribution in [0.3, 0.4) is 0 Å². The number of carbonyl (C=O) groups is 2. The lowest BCUT2D eigenvalue weighted by Gasteiger charge is -2.22. The number of pyridine rings is 1. The van der Waals surface area contributed by atoms with Gasteiger partial charge in [0.1, 0.15) is 34.8 Å². The minimum Gasteiger partial charge on any atom is -0.439 e. The first-order chi connectivity index (χ1) is 15.7. The molecule has 1 aromatic heterocycles. The normalized spacial score (nSPS) is 11.7. The summed E-state index contributed by atoms with van der Waals surface area (Å²) in [4.78, 5) is 29.2. The first-order valence-electron chi connectivity index (χ1n) is 10.2. The molecular weight excluding hydrogens is 435 g/mol. The second kappa shape index (κ2) is 10.6. The van der Waals surface area contributed by atoms with E-state index < -0.39 is 40.9 Å². The van der Waals surface area contributed by atoms with Crippen molar-refractivity contribution < 1.29 is 27.5 Å². The third-order valence-electron chi connectivity index (χ3n) is 4.73. The Morgan fingerprint density at radius 3 is 2.30 bits per heavy atom. The fourth-order valence-corrected chi connectivity index (χ4v) is 3.00. The lowest BCUT2D eigenvalue weighted by Crippen LogP contribution is -2.49. The fourth-order valence-electron chi connectivity index (χ4n) is 3.00. The van der Waals surface area contributed by atoms with E-state index in [4.69, 9.17) is 4.74 Å². The van der Waals surface area contributed by atoms with E-state index in [0.29, 0.717) is 11.3 Å². The quantitative estimate of drug-likeness (QED) is 0.527. The first-order valence-corrected chi connectivity index (χ1v) is 10.2. The van der Waals surface area contributed by atoms with Crippen LogP contribution in [0, 0.1) is 23.4 Å². The topological polar surface area (TPSA) is 80.3 Å². The molecule has 3 aromatic rings. The number of benzene rings is 2. The van der Waals surface area contributed by atoms with Crippen LogP contribution in [-0.4, -0.2) is 22.8 Å². The summed E-state index contributed by atoms with van der Waals surface area (Å²) in [6.45, 7) is 3.49. The smallest absolute Gasteiger partial charge is 0.257 e. The standard InChI is InChI=1S/C24H22F3N3O3/c1-14(2)22(30-23(31)21-18(26)4-3-5-19(21)27)24(32)29-13-15-10-11-28-20(12-15)33-17-8-6-16(25)7-9-17/h3-12,14,22H,13H2,1-2H3,(H,29,32)(H,30,31)/t22-/m0/s1. The van der Waals surface area contributed by atoms with E-state index in [9.17, 15) is 22.8 Å². The Labute approximate surface area is 188 Å². The second-order valence-electron chi connectivity index (χ2n) is 7.57. The maximum absolute atomic E-state index is 13.9. The highest BCUT2D eigenvalue weighted by molar-refractivity contribution is 5.98. The van der Waals surface area contributed by atoms with Crippen molar-refractivity contribution >= 4 is 11.8 Å². The van der Waals surface area contributed by atoms with Crippen molar-refractivity contribution in [1.82, 2.24) is 15.6 Å². The monoisotopic (exact) mass is 457 g/mol. The second-order valence-corrected chi connectivity index (χ2v) is 7.57. The van der Waals surface area contributed by atoms with Crippen molar-refractivity contribution in [3.63, 3.8) is 0 Å². The molecule has 6 nitrogen and oxygen atoms in total. The maximum Gasteiger partial charge on any atom is 0.257 e. The minimum atomic E-state index is -1.02. The average Bonchev–Trinajstić information content (AvgIpc) is 2.77. The molecule has 0 bridgehead atoms. The SMILES string of the molecule is CC(C)[C@H](NC(=O)c1c(F)cccc1F)C(=O)NCc1ccnc(Oc2ccc(F)cc2)c1. The van der Waals surface area contributed by atoms with Crippen LogP contribution in [0.25, 0.3) is 0 Å². The number of nitrogens with zero attached hydrogens (tertiary/aromatic N) is 1. The lowest BCUT2D eigenvalue weighted by molar-refractivity contribution is -0.124. The highest BCUT2D eigenvalue weighted by Gasteiger charge is 2.27. The number of aromatic nitrogens is 1. The Morgan fingerprint density at radius 1 is 1.00 bits per heavy atom. The molecule has 0 radical (unpaired) electrons. The zero-order valence-corrected chi connectivity index (χ0v) is 17.9. The summed E-state index contributed by atoms with van der Waals surface area (Å²) in [7, 11) is 0. The van der Waals surface area contributed by atoms with E-state index in [1.54, 1.807) is 26.0 Å². The molecule has 2 aromatic carbocycles. The summed E-state index contributed by atoms with van der Waals surface area (Å²) in [5.74, 6) is -3.66. The number of hydrogen-bond acceptors (Lipinski definition) is 4. The van der Waals surface area contributed by atoms with E-state index in [1.807, 2.05) is 0 Å². The van der Waals surface area contributed by atoms with Crippen molar-refractivity contribution in [2.75, 3.05) is 0 Å². The van der Waals surface area contributed by atoms with Gasteiger partial charge in [0, 0.05) is 18.8 Å². The van der Waals surface area contributed by atoms with Gasteiger partial charge in [0.2, 0.25) is 11.8 Å². The third kappa shape index (κ3) is 6.31. The number of rotatable bonds is 8. The van der Waals surface area contributed by atoms with Gasteiger partial charge in [-0.25, -0.2) is 18.2 Å². The van der Waals surface area contributed by atoms with Gasteiger partial charge in [-0.2, -0.15) is 0 Å². The molecule has 172 valence electrons. The molecule has 0 unspecified atom stereocenters. The van der Waals surface area contributed by atoms with Gasteiger partial charge in [-0.3, -0.25) is 9.59 Å². The Kier molecular flexibility index (Phi) is 7.66. The third-order valence-corrected chi connectivity index (χ3v) is 4.73. The molecule has 0 aliphatic carbocycles. The molecule has 0 aliphatic rings. The van der Waals surface area contributed by atoms with Crippen molar-refractivity contribution in [1.29, 1.82) is 0 Å². The molecule has 33 heavy (non-hydrogen) atoms. The van der Waals surface area contributed by atoms with Gasteiger partial charge in [0.25, 0.3) is 5.91 Å². The van der Waals surface area contributed by atoms with Crippen molar-refractivity contribution in [3.05, 3.63) is 89.4 Å². The van der Waals surface area contributed by atoms with E-state index in [2.05, 4.69) is 15.6 Å². The van der Waals surface area contributed by atoms with E-state index in [1.165, 1.54) is 30.5 Å².